The van der Waals surface area contributed by atoms with Gasteiger partial charge in [0.1, 0.15) is 0 Å². The van der Waals surface area contributed by atoms with Crippen molar-refractivity contribution < 1.29 is 9.59 Å². The number of hydrogen-bond acceptors (Lipinski definition) is 2. The monoisotopic (exact) mass is 376 g/mol. The molecule has 0 N–H and O–H groups in total. The minimum atomic E-state index is -0.135. The van der Waals surface area contributed by atoms with E-state index in [-0.39, 0.29) is 11.6 Å². The summed E-state index contributed by atoms with van der Waals surface area (Å²) < 4.78 is 0. The Morgan fingerprint density at radius 1 is 0.607 bits per heavy atom. The zero-order chi connectivity index (χ0) is 20.2. The summed E-state index contributed by atoms with van der Waals surface area (Å²) in [5.41, 5.74) is 3.75. The number of unbranched alkanes of at least 4 members (excludes halogenated alkanes) is 4. The molecule has 28 heavy (non-hydrogen) atoms. The van der Waals surface area contributed by atoms with Crippen LogP contribution >= 0.6 is 0 Å². The SMILES string of the molecule is CCCCCc1ccc(C(=O)/C=C/C(=O)c2ccc(CCCCC)cc2)cc1. The summed E-state index contributed by atoms with van der Waals surface area (Å²) in [5, 5.41) is 0. The van der Waals surface area contributed by atoms with E-state index in [2.05, 4.69) is 13.8 Å². The van der Waals surface area contributed by atoms with Crippen LogP contribution in [0.15, 0.2) is 60.7 Å². The number of allylic oxidation sites excluding steroid dienone is 2. The van der Waals surface area contributed by atoms with Crippen LogP contribution in [0.1, 0.15) is 84.2 Å². The molecular weight excluding hydrogens is 344 g/mol. The van der Waals surface area contributed by atoms with Gasteiger partial charge >= 0.3 is 0 Å². The highest BCUT2D eigenvalue weighted by Gasteiger charge is 2.06. The van der Waals surface area contributed by atoms with Crippen LogP contribution in [0, 0.1) is 0 Å². The third kappa shape index (κ3) is 7.26. The number of aryl methyl sites for hydroxylation is 2. The second-order valence-electron chi connectivity index (χ2n) is 7.37. The minimum Gasteiger partial charge on any atom is -0.289 e. The van der Waals surface area contributed by atoms with Gasteiger partial charge < -0.3 is 0 Å². The van der Waals surface area contributed by atoms with Crippen LogP contribution in [-0.2, 0) is 12.8 Å². The van der Waals surface area contributed by atoms with Gasteiger partial charge in [0.05, 0.1) is 0 Å². The summed E-state index contributed by atoms with van der Waals surface area (Å²) in [6.07, 6.45) is 12.1. The molecule has 148 valence electrons. The third-order valence-electron chi connectivity index (χ3n) is 5.00. The highest BCUT2D eigenvalue weighted by Crippen LogP contribution is 2.12. The summed E-state index contributed by atoms with van der Waals surface area (Å²) in [6.45, 7) is 4.38. The number of hydrogen-bond donors (Lipinski definition) is 0. The highest BCUT2D eigenvalue weighted by atomic mass is 16.1. The van der Waals surface area contributed by atoms with Crippen LogP contribution in [0.25, 0.3) is 0 Å². The molecule has 0 amide bonds. The molecule has 2 aromatic rings. The van der Waals surface area contributed by atoms with Crippen LogP contribution in [0.4, 0.5) is 0 Å². The van der Waals surface area contributed by atoms with Crippen molar-refractivity contribution in [1.29, 1.82) is 0 Å². The molecule has 0 fully saturated rings. The van der Waals surface area contributed by atoms with Crippen molar-refractivity contribution in [2.45, 2.75) is 65.2 Å². The Morgan fingerprint density at radius 2 is 0.964 bits per heavy atom. The highest BCUT2D eigenvalue weighted by molar-refractivity contribution is 6.11. The van der Waals surface area contributed by atoms with E-state index in [0.717, 1.165) is 12.8 Å². The van der Waals surface area contributed by atoms with E-state index in [1.807, 2.05) is 48.5 Å². The predicted octanol–water partition coefficient (Wildman–Crippen LogP) is 6.77. The first kappa shape index (κ1) is 21.8. The molecule has 2 rings (SSSR count). The molecule has 0 radical (unpaired) electrons. The van der Waals surface area contributed by atoms with Crippen molar-refractivity contribution in [3.8, 4) is 0 Å². The average Bonchev–Trinajstić information content (AvgIpc) is 2.73. The molecular formula is C26H32O2. The lowest BCUT2D eigenvalue weighted by atomic mass is 10.0. The van der Waals surface area contributed by atoms with E-state index < -0.39 is 0 Å². The summed E-state index contributed by atoms with van der Waals surface area (Å²) in [7, 11) is 0. The number of benzene rings is 2. The maximum Gasteiger partial charge on any atom is 0.185 e. The standard InChI is InChI=1S/C26H32O2/c1-3-5-7-9-21-11-15-23(16-12-21)25(27)19-20-26(28)24-17-13-22(14-18-24)10-8-6-4-2/h11-20H,3-10H2,1-2H3/b20-19+. The van der Waals surface area contributed by atoms with Crippen molar-refractivity contribution in [3.63, 3.8) is 0 Å². The van der Waals surface area contributed by atoms with Gasteiger partial charge in [0.25, 0.3) is 0 Å². The molecule has 0 aliphatic heterocycles. The molecule has 2 nitrogen and oxygen atoms in total. The van der Waals surface area contributed by atoms with Crippen LogP contribution < -0.4 is 0 Å². The predicted molar refractivity (Wildman–Crippen MR) is 117 cm³/mol. The summed E-state index contributed by atoms with van der Waals surface area (Å²) >= 11 is 0. The van der Waals surface area contributed by atoms with E-state index in [1.54, 1.807) is 0 Å². The van der Waals surface area contributed by atoms with Gasteiger partial charge in [-0.05, 0) is 49.0 Å². The Balaban J connectivity index is 1.89. The van der Waals surface area contributed by atoms with Gasteiger partial charge in [0.15, 0.2) is 11.6 Å². The van der Waals surface area contributed by atoms with Crippen molar-refractivity contribution in [1.82, 2.24) is 0 Å². The van der Waals surface area contributed by atoms with E-state index in [9.17, 15) is 9.59 Å². The first-order chi connectivity index (χ1) is 13.6. The van der Waals surface area contributed by atoms with Crippen LogP contribution in [0.5, 0.6) is 0 Å². The molecule has 2 heteroatoms. The molecule has 0 spiro atoms. The van der Waals surface area contributed by atoms with Crippen LogP contribution in [0.2, 0.25) is 0 Å². The van der Waals surface area contributed by atoms with Gasteiger partial charge in [-0.1, -0.05) is 88.1 Å². The third-order valence-corrected chi connectivity index (χ3v) is 5.00. The first-order valence-electron chi connectivity index (χ1n) is 10.6. The zero-order valence-corrected chi connectivity index (χ0v) is 17.2. The van der Waals surface area contributed by atoms with Crippen molar-refractivity contribution in [3.05, 3.63) is 82.9 Å². The lowest BCUT2D eigenvalue weighted by Crippen LogP contribution is -1.99. The van der Waals surface area contributed by atoms with E-state index >= 15 is 0 Å². The van der Waals surface area contributed by atoms with Gasteiger partial charge in [0.2, 0.25) is 0 Å². The second kappa shape index (κ2) is 12.1. The molecule has 0 aromatic heterocycles. The quantitative estimate of drug-likeness (QED) is 0.233. The maximum absolute atomic E-state index is 12.3. The van der Waals surface area contributed by atoms with E-state index in [0.29, 0.717) is 11.1 Å². The molecule has 0 saturated heterocycles. The normalized spacial score (nSPS) is 11.1. The summed E-state index contributed by atoms with van der Waals surface area (Å²) in [4.78, 5) is 24.6. The van der Waals surface area contributed by atoms with Crippen molar-refractivity contribution >= 4 is 11.6 Å². The van der Waals surface area contributed by atoms with Gasteiger partial charge in [0, 0.05) is 11.1 Å². The average molecular weight is 377 g/mol. The first-order valence-corrected chi connectivity index (χ1v) is 10.6. The molecule has 0 unspecified atom stereocenters. The topological polar surface area (TPSA) is 34.1 Å². The van der Waals surface area contributed by atoms with Gasteiger partial charge in [-0.3, -0.25) is 9.59 Å². The van der Waals surface area contributed by atoms with Gasteiger partial charge in [-0.15, -0.1) is 0 Å². The van der Waals surface area contributed by atoms with E-state index in [4.69, 9.17) is 0 Å². The van der Waals surface area contributed by atoms with Crippen molar-refractivity contribution in [2.24, 2.45) is 0 Å². The molecule has 0 bridgehead atoms. The number of ketones is 2. The molecule has 0 aliphatic rings. The van der Waals surface area contributed by atoms with Crippen molar-refractivity contribution in [2.75, 3.05) is 0 Å². The Bertz CT molecular complexity index is 700. The Hall–Kier alpha value is -2.48. The lowest BCUT2D eigenvalue weighted by molar-refractivity contribution is 0.102. The van der Waals surface area contributed by atoms with Gasteiger partial charge in [-0.2, -0.15) is 0 Å². The fourth-order valence-corrected chi connectivity index (χ4v) is 3.17. The second-order valence-corrected chi connectivity index (χ2v) is 7.37. The van der Waals surface area contributed by atoms with Crippen LogP contribution in [-0.4, -0.2) is 11.6 Å². The Morgan fingerprint density at radius 3 is 1.29 bits per heavy atom. The Labute approximate surface area is 169 Å². The maximum atomic E-state index is 12.3. The zero-order valence-electron chi connectivity index (χ0n) is 17.2. The molecule has 0 atom stereocenters. The number of carbonyl (C=O) groups is 2. The Kier molecular flexibility index (Phi) is 9.41. The molecule has 2 aromatic carbocycles. The minimum absolute atomic E-state index is 0.135. The van der Waals surface area contributed by atoms with Crippen LogP contribution in [0.3, 0.4) is 0 Å². The van der Waals surface area contributed by atoms with Gasteiger partial charge in [-0.25, -0.2) is 0 Å². The number of rotatable bonds is 12. The van der Waals surface area contributed by atoms with E-state index in [1.165, 1.54) is 61.8 Å². The summed E-state index contributed by atoms with van der Waals surface area (Å²) in [5.74, 6) is -0.269. The molecule has 0 aliphatic carbocycles. The molecule has 0 heterocycles. The smallest absolute Gasteiger partial charge is 0.185 e. The summed E-state index contributed by atoms with van der Waals surface area (Å²) in [6, 6.07) is 15.4. The number of carbonyl (C=O) groups excluding carboxylic acids is 2. The fraction of sp³-hybridized carbons (Fsp3) is 0.385. The molecule has 0 saturated carbocycles. The fourth-order valence-electron chi connectivity index (χ4n) is 3.17. The lowest BCUT2D eigenvalue weighted by Gasteiger charge is -2.03. The largest absolute Gasteiger partial charge is 0.289 e.